The maximum atomic E-state index is 10.8. The van der Waals surface area contributed by atoms with Crippen LogP contribution in [0.25, 0.3) is 0 Å². The number of nitro groups is 1. The van der Waals surface area contributed by atoms with Crippen LogP contribution in [0, 0.1) is 10.1 Å². The van der Waals surface area contributed by atoms with Gasteiger partial charge in [0, 0.05) is 28.7 Å². The van der Waals surface area contributed by atoms with E-state index in [0.717, 1.165) is 10.0 Å². The summed E-state index contributed by atoms with van der Waals surface area (Å²) < 4.78 is 1.04. The normalized spacial score (nSPS) is 13.7. The largest absolute Gasteiger partial charge is 0.304 e. The summed E-state index contributed by atoms with van der Waals surface area (Å²) in [5, 5.41) is 14.3. The molecule has 0 aliphatic heterocycles. The van der Waals surface area contributed by atoms with Gasteiger partial charge in [-0.3, -0.25) is 10.1 Å². The van der Waals surface area contributed by atoms with E-state index in [4.69, 9.17) is 0 Å². The van der Waals surface area contributed by atoms with E-state index in [1.165, 1.54) is 11.6 Å². The SMILES string of the molecule is CC(N[C@H](C)c1cccc(Br)c1)c1cccc([N+](=O)[O-])c1. The molecular weight excluding hydrogens is 332 g/mol. The van der Waals surface area contributed by atoms with Crippen LogP contribution in [0.1, 0.15) is 37.1 Å². The molecule has 0 saturated carbocycles. The second-order valence-electron chi connectivity index (χ2n) is 5.02. The molecule has 0 heterocycles. The van der Waals surface area contributed by atoms with Gasteiger partial charge in [-0.2, -0.15) is 0 Å². The molecule has 0 spiro atoms. The number of benzene rings is 2. The van der Waals surface area contributed by atoms with E-state index >= 15 is 0 Å². The Hall–Kier alpha value is -1.72. The Bertz CT molecular complexity index is 646. The second kappa shape index (κ2) is 6.83. The minimum atomic E-state index is -0.367. The number of halogens is 1. The summed E-state index contributed by atoms with van der Waals surface area (Å²) in [5.74, 6) is 0. The molecule has 2 aromatic carbocycles. The smallest absolute Gasteiger partial charge is 0.269 e. The van der Waals surface area contributed by atoms with Crippen molar-refractivity contribution in [3.05, 3.63) is 74.2 Å². The van der Waals surface area contributed by atoms with Gasteiger partial charge in [-0.15, -0.1) is 0 Å². The molecule has 0 bridgehead atoms. The van der Waals surface area contributed by atoms with Crippen LogP contribution in [0.2, 0.25) is 0 Å². The molecule has 0 aliphatic rings. The van der Waals surface area contributed by atoms with Crippen LogP contribution in [0.3, 0.4) is 0 Å². The number of hydrogen-bond donors (Lipinski definition) is 1. The summed E-state index contributed by atoms with van der Waals surface area (Å²) in [4.78, 5) is 10.5. The molecule has 0 aromatic heterocycles. The Labute approximate surface area is 132 Å². The van der Waals surface area contributed by atoms with Crippen molar-refractivity contribution < 1.29 is 4.92 Å². The predicted octanol–water partition coefficient (Wildman–Crippen LogP) is 4.77. The lowest BCUT2D eigenvalue weighted by Gasteiger charge is -2.21. The molecule has 2 atom stereocenters. The molecule has 1 N–H and O–H groups in total. The van der Waals surface area contributed by atoms with Crippen molar-refractivity contribution in [3.63, 3.8) is 0 Å². The molecule has 0 aliphatic carbocycles. The molecule has 0 fully saturated rings. The van der Waals surface area contributed by atoms with Crippen molar-refractivity contribution in [2.75, 3.05) is 0 Å². The van der Waals surface area contributed by atoms with Crippen LogP contribution in [0.5, 0.6) is 0 Å². The standard InChI is InChI=1S/C16H17BrN2O2/c1-11(13-5-3-7-15(17)9-13)18-12(2)14-6-4-8-16(10-14)19(20)21/h3-12,18H,1-2H3/t11-,12?/m1/s1. The molecule has 0 radical (unpaired) electrons. The highest BCUT2D eigenvalue weighted by Gasteiger charge is 2.14. The molecule has 21 heavy (non-hydrogen) atoms. The minimum Gasteiger partial charge on any atom is -0.304 e. The van der Waals surface area contributed by atoms with Gasteiger partial charge in [0.05, 0.1) is 4.92 Å². The molecular formula is C16H17BrN2O2. The maximum absolute atomic E-state index is 10.8. The number of nitrogens with one attached hydrogen (secondary N) is 1. The van der Waals surface area contributed by atoms with E-state index in [2.05, 4.69) is 40.3 Å². The van der Waals surface area contributed by atoms with Crippen molar-refractivity contribution in [1.29, 1.82) is 0 Å². The van der Waals surface area contributed by atoms with E-state index in [0.29, 0.717) is 0 Å². The number of nitrogens with zero attached hydrogens (tertiary/aromatic N) is 1. The first-order valence-corrected chi connectivity index (χ1v) is 7.52. The lowest BCUT2D eigenvalue weighted by Crippen LogP contribution is -2.22. The van der Waals surface area contributed by atoms with Crippen molar-refractivity contribution >= 4 is 21.6 Å². The van der Waals surface area contributed by atoms with E-state index in [1.807, 2.05) is 25.1 Å². The van der Waals surface area contributed by atoms with E-state index in [9.17, 15) is 10.1 Å². The number of rotatable bonds is 5. The van der Waals surface area contributed by atoms with E-state index in [1.54, 1.807) is 12.1 Å². The highest BCUT2D eigenvalue weighted by Crippen LogP contribution is 2.23. The fourth-order valence-corrected chi connectivity index (χ4v) is 2.67. The van der Waals surface area contributed by atoms with Crippen LogP contribution in [-0.4, -0.2) is 4.92 Å². The van der Waals surface area contributed by atoms with Crippen molar-refractivity contribution in [2.24, 2.45) is 0 Å². The second-order valence-corrected chi connectivity index (χ2v) is 5.93. The Kier molecular flexibility index (Phi) is 5.09. The molecule has 110 valence electrons. The quantitative estimate of drug-likeness (QED) is 0.625. The summed E-state index contributed by atoms with van der Waals surface area (Å²) in [7, 11) is 0. The van der Waals surface area contributed by atoms with Crippen LogP contribution < -0.4 is 5.32 Å². The maximum Gasteiger partial charge on any atom is 0.269 e. The summed E-state index contributed by atoms with van der Waals surface area (Å²) in [6.07, 6.45) is 0. The van der Waals surface area contributed by atoms with Gasteiger partial charge in [0.2, 0.25) is 0 Å². The average Bonchev–Trinajstić information content (AvgIpc) is 2.47. The van der Waals surface area contributed by atoms with Crippen LogP contribution in [0.4, 0.5) is 5.69 Å². The van der Waals surface area contributed by atoms with Crippen LogP contribution >= 0.6 is 15.9 Å². The van der Waals surface area contributed by atoms with E-state index in [-0.39, 0.29) is 22.7 Å². The summed E-state index contributed by atoms with van der Waals surface area (Å²) >= 11 is 3.46. The summed E-state index contributed by atoms with van der Waals surface area (Å²) in [6, 6.07) is 15.0. The third-order valence-corrected chi connectivity index (χ3v) is 3.92. The fraction of sp³-hybridized carbons (Fsp3) is 0.250. The zero-order valence-corrected chi connectivity index (χ0v) is 13.5. The zero-order valence-electron chi connectivity index (χ0n) is 11.9. The fourth-order valence-electron chi connectivity index (χ4n) is 2.25. The van der Waals surface area contributed by atoms with Crippen molar-refractivity contribution in [1.82, 2.24) is 5.32 Å². The third-order valence-electron chi connectivity index (χ3n) is 3.43. The first-order valence-electron chi connectivity index (χ1n) is 6.73. The Morgan fingerprint density at radius 1 is 1.05 bits per heavy atom. The summed E-state index contributed by atoms with van der Waals surface area (Å²) in [6.45, 7) is 4.09. The van der Waals surface area contributed by atoms with Gasteiger partial charge in [-0.25, -0.2) is 0 Å². The molecule has 4 nitrogen and oxygen atoms in total. The Morgan fingerprint density at radius 3 is 2.19 bits per heavy atom. The Morgan fingerprint density at radius 2 is 1.62 bits per heavy atom. The van der Waals surface area contributed by atoms with Gasteiger partial charge < -0.3 is 5.32 Å². The first kappa shape index (κ1) is 15.7. The van der Waals surface area contributed by atoms with Gasteiger partial charge in [0.25, 0.3) is 5.69 Å². The van der Waals surface area contributed by atoms with Gasteiger partial charge in [-0.1, -0.05) is 40.2 Å². The molecule has 0 saturated heterocycles. The molecule has 0 amide bonds. The average molecular weight is 349 g/mol. The minimum absolute atomic E-state index is 0.0267. The lowest BCUT2D eigenvalue weighted by molar-refractivity contribution is -0.384. The van der Waals surface area contributed by atoms with E-state index < -0.39 is 0 Å². The number of nitro benzene ring substituents is 1. The topological polar surface area (TPSA) is 55.2 Å². The monoisotopic (exact) mass is 348 g/mol. The molecule has 2 rings (SSSR count). The highest BCUT2D eigenvalue weighted by molar-refractivity contribution is 9.10. The van der Waals surface area contributed by atoms with Crippen LogP contribution in [0.15, 0.2) is 53.0 Å². The molecule has 2 aromatic rings. The number of non-ortho nitro benzene ring substituents is 1. The lowest BCUT2D eigenvalue weighted by atomic mass is 10.0. The zero-order chi connectivity index (χ0) is 15.4. The highest BCUT2D eigenvalue weighted by atomic mass is 79.9. The number of hydrogen-bond acceptors (Lipinski definition) is 3. The Balaban J connectivity index is 2.12. The third kappa shape index (κ3) is 4.12. The molecule has 1 unspecified atom stereocenters. The van der Waals surface area contributed by atoms with Gasteiger partial charge in [0.15, 0.2) is 0 Å². The molecule has 5 heteroatoms. The van der Waals surface area contributed by atoms with Gasteiger partial charge in [-0.05, 0) is 37.1 Å². The van der Waals surface area contributed by atoms with Gasteiger partial charge in [0.1, 0.15) is 0 Å². The predicted molar refractivity (Wildman–Crippen MR) is 87.2 cm³/mol. The van der Waals surface area contributed by atoms with Crippen molar-refractivity contribution in [2.45, 2.75) is 25.9 Å². The summed E-state index contributed by atoms with van der Waals surface area (Å²) in [5.41, 5.74) is 2.20. The first-order chi connectivity index (χ1) is 9.97. The van der Waals surface area contributed by atoms with Gasteiger partial charge >= 0.3 is 0 Å². The van der Waals surface area contributed by atoms with Crippen molar-refractivity contribution in [3.8, 4) is 0 Å². The van der Waals surface area contributed by atoms with Crippen LogP contribution in [-0.2, 0) is 0 Å².